The standard InChI is InChI=1S/C8H14N4O3S/c13-16(14,8-4-10-11-5-8)12-3-7-6-15-2-1-9-7/h4-5,7,9,12H,1-3,6H2,(H,10,11). The molecule has 2 heterocycles. The van der Waals surface area contributed by atoms with E-state index >= 15 is 0 Å². The Morgan fingerprint density at radius 3 is 3.12 bits per heavy atom. The number of nitrogens with one attached hydrogen (secondary N) is 3. The summed E-state index contributed by atoms with van der Waals surface area (Å²) in [6, 6.07) is 0.0235. The van der Waals surface area contributed by atoms with Crippen LogP contribution in [0.2, 0.25) is 0 Å². The second-order valence-electron chi connectivity index (χ2n) is 3.51. The van der Waals surface area contributed by atoms with Crippen LogP contribution in [-0.2, 0) is 14.8 Å². The van der Waals surface area contributed by atoms with Crippen LogP contribution < -0.4 is 10.0 Å². The molecule has 8 heteroatoms. The molecule has 0 aliphatic carbocycles. The van der Waals surface area contributed by atoms with Crippen molar-refractivity contribution in [2.45, 2.75) is 10.9 Å². The number of aromatic nitrogens is 2. The number of sulfonamides is 1. The molecule has 1 atom stereocenters. The van der Waals surface area contributed by atoms with Crippen LogP contribution in [0.4, 0.5) is 0 Å². The number of ether oxygens (including phenoxy) is 1. The van der Waals surface area contributed by atoms with Crippen LogP contribution in [0.25, 0.3) is 0 Å². The van der Waals surface area contributed by atoms with Gasteiger partial charge in [-0.25, -0.2) is 13.1 Å². The minimum atomic E-state index is -3.46. The molecular formula is C8H14N4O3S. The molecule has 1 aromatic heterocycles. The summed E-state index contributed by atoms with van der Waals surface area (Å²) in [6.45, 7) is 2.25. The van der Waals surface area contributed by atoms with Gasteiger partial charge < -0.3 is 10.1 Å². The molecule has 0 amide bonds. The van der Waals surface area contributed by atoms with Gasteiger partial charge in [0.15, 0.2) is 0 Å². The normalized spacial score (nSPS) is 22.1. The number of hydrogen-bond acceptors (Lipinski definition) is 5. The third kappa shape index (κ3) is 2.79. The van der Waals surface area contributed by atoms with Crippen LogP contribution in [0.5, 0.6) is 0 Å². The summed E-state index contributed by atoms with van der Waals surface area (Å²) in [4.78, 5) is 0.143. The molecule has 3 N–H and O–H groups in total. The quantitative estimate of drug-likeness (QED) is 0.612. The Hall–Kier alpha value is -0.960. The average Bonchev–Trinajstić information content (AvgIpc) is 2.82. The number of morpholine rings is 1. The first-order valence-corrected chi connectivity index (χ1v) is 6.46. The van der Waals surface area contributed by atoms with Gasteiger partial charge in [0.2, 0.25) is 10.0 Å². The largest absolute Gasteiger partial charge is 0.378 e. The lowest BCUT2D eigenvalue weighted by atomic mass is 10.3. The summed E-state index contributed by atoms with van der Waals surface area (Å²) in [7, 11) is -3.46. The van der Waals surface area contributed by atoms with Crippen LogP contribution in [0.15, 0.2) is 17.3 Å². The van der Waals surface area contributed by atoms with Gasteiger partial charge in [0.25, 0.3) is 0 Å². The molecule has 0 saturated carbocycles. The van der Waals surface area contributed by atoms with Crippen molar-refractivity contribution in [2.24, 2.45) is 0 Å². The van der Waals surface area contributed by atoms with Gasteiger partial charge in [-0.1, -0.05) is 0 Å². The summed E-state index contributed by atoms with van der Waals surface area (Å²) < 4.78 is 31.1. The second kappa shape index (κ2) is 4.91. The Morgan fingerprint density at radius 2 is 2.50 bits per heavy atom. The molecule has 1 aromatic rings. The minimum absolute atomic E-state index is 0.0235. The Labute approximate surface area is 93.6 Å². The van der Waals surface area contributed by atoms with Crippen molar-refractivity contribution < 1.29 is 13.2 Å². The van der Waals surface area contributed by atoms with Gasteiger partial charge in [-0.15, -0.1) is 0 Å². The molecule has 0 radical (unpaired) electrons. The Balaban J connectivity index is 1.89. The van der Waals surface area contributed by atoms with E-state index in [-0.39, 0.29) is 10.9 Å². The number of aromatic amines is 1. The van der Waals surface area contributed by atoms with E-state index in [0.29, 0.717) is 19.8 Å². The molecule has 1 unspecified atom stereocenters. The Morgan fingerprint density at radius 1 is 1.62 bits per heavy atom. The predicted octanol–water partition coefficient (Wildman–Crippen LogP) is -1.32. The van der Waals surface area contributed by atoms with Crippen molar-refractivity contribution >= 4 is 10.0 Å². The van der Waals surface area contributed by atoms with E-state index in [2.05, 4.69) is 20.2 Å². The molecule has 7 nitrogen and oxygen atoms in total. The highest BCUT2D eigenvalue weighted by Gasteiger charge is 2.19. The molecule has 1 aliphatic rings. The molecule has 1 aliphatic heterocycles. The summed E-state index contributed by atoms with van der Waals surface area (Å²) >= 11 is 0. The molecule has 0 aromatic carbocycles. The van der Waals surface area contributed by atoms with Crippen molar-refractivity contribution in [3.8, 4) is 0 Å². The summed E-state index contributed by atoms with van der Waals surface area (Å²) in [5, 5.41) is 9.22. The van der Waals surface area contributed by atoms with E-state index in [1.54, 1.807) is 0 Å². The van der Waals surface area contributed by atoms with E-state index in [1.807, 2.05) is 0 Å². The molecular weight excluding hydrogens is 232 g/mol. The van der Waals surface area contributed by atoms with Crippen LogP contribution >= 0.6 is 0 Å². The van der Waals surface area contributed by atoms with Gasteiger partial charge in [-0.3, -0.25) is 5.10 Å². The molecule has 16 heavy (non-hydrogen) atoms. The van der Waals surface area contributed by atoms with E-state index < -0.39 is 10.0 Å². The highest BCUT2D eigenvalue weighted by molar-refractivity contribution is 7.89. The van der Waals surface area contributed by atoms with E-state index in [9.17, 15) is 8.42 Å². The summed E-state index contributed by atoms with van der Waals surface area (Å²) in [5.41, 5.74) is 0. The second-order valence-corrected chi connectivity index (χ2v) is 5.28. The molecule has 2 rings (SSSR count). The Kier molecular flexibility index (Phi) is 3.54. The third-order valence-corrected chi connectivity index (χ3v) is 3.69. The summed E-state index contributed by atoms with van der Waals surface area (Å²) in [6.07, 6.45) is 2.61. The maximum atomic E-state index is 11.7. The number of H-pyrrole nitrogens is 1. The zero-order chi connectivity index (χ0) is 11.4. The number of rotatable bonds is 4. The third-order valence-electron chi connectivity index (χ3n) is 2.30. The average molecular weight is 246 g/mol. The molecule has 0 spiro atoms. The lowest BCUT2D eigenvalue weighted by Gasteiger charge is -2.23. The maximum Gasteiger partial charge on any atom is 0.243 e. The maximum absolute atomic E-state index is 11.7. The van der Waals surface area contributed by atoms with Crippen LogP contribution in [0, 0.1) is 0 Å². The smallest absolute Gasteiger partial charge is 0.243 e. The Bertz CT molecular complexity index is 411. The molecule has 1 saturated heterocycles. The van der Waals surface area contributed by atoms with Crippen LogP contribution in [-0.4, -0.2) is 51.0 Å². The van der Waals surface area contributed by atoms with Gasteiger partial charge in [-0.2, -0.15) is 5.10 Å². The van der Waals surface area contributed by atoms with Gasteiger partial charge >= 0.3 is 0 Å². The summed E-state index contributed by atoms with van der Waals surface area (Å²) in [5.74, 6) is 0. The van der Waals surface area contributed by atoms with Gasteiger partial charge in [-0.05, 0) is 0 Å². The lowest BCUT2D eigenvalue weighted by molar-refractivity contribution is 0.0784. The number of nitrogens with zero attached hydrogens (tertiary/aromatic N) is 1. The molecule has 0 bridgehead atoms. The first kappa shape index (κ1) is 11.5. The van der Waals surface area contributed by atoms with Gasteiger partial charge in [0.05, 0.1) is 19.4 Å². The van der Waals surface area contributed by atoms with Crippen LogP contribution in [0.3, 0.4) is 0 Å². The topological polar surface area (TPSA) is 96.1 Å². The van der Waals surface area contributed by atoms with E-state index in [1.165, 1.54) is 12.4 Å². The first-order valence-electron chi connectivity index (χ1n) is 4.98. The van der Waals surface area contributed by atoms with E-state index in [4.69, 9.17) is 4.74 Å². The number of hydrogen-bond donors (Lipinski definition) is 3. The van der Waals surface area contributed by atoms with Crippen molar-refractivity contribution in [1.29, 1.82) is 0 Å². The monoisotopic (exact) mass is 246 g/mol. The molecule has 90 valence electrons. The van der Waals surface area contributed by atoms with Gasteiger partial charge in [0, 0.05) is 25.3 Å². The highest BCUT2D eigenvalue weighted by atomic mass is 32.2. The van der Waals surface area contributed by atoms with Gasteiger partial charge in [0.1, 0.15) is 4.90 Å². The van der Waals surface area contributed by atoms with Crippen molar-refractivity contribution in [3.05, 3.63) is 12.4 Å². The highest BCUT2D eigenvalue weighted by Crippen LogP contribution is 2.04. The minimum Gasteiger partial charge on any atom is -0.378 e. The SMILES string of the molecule is O=S(=O)(NCC1COCCN1)c1cn[nH]c1. The van der Waals surface area contributed by atoms with Crippen molar-refractivity contribution in [2.75, 3.05) is 26.3 Å². The fourth-order valence-electron chi connectivity index (χ4n) is 1.43. The first-order chi connectivity index (χ1) is 7.68. The predicted molar refractivity (Wildman–Crippen MR) is 56.4 cm³/mol. The lowest BCUT2D eigenvalue weighted by Crippen LogP contribution is -2.48. The van der Waals surface area contributed by atoms with Crippen LogP contribution in [0.1, 0.15) is 0 Å². The zero-order valence-corrected chi connectivity index (χ0v) is 9.46. The van der Waals surface area contributed by atoms with E-state index in [0.717, 1.165) is 6.54 Å². The fraction of sp³-hybridized carbons (Fsp3) is 0.625. The fourth-order valence-corrected chi connectivity index (χ4v) is 2.42. The van der Waals surface area contributed by atoms with Crippen molar-refractivity contribution in [3.63, 3.8) is 0 Å². The molecule has 1 fully saturated rings. The zero-order valence-electron chi connectivity index (χ0n) is 8.64. The van der Waals surface area contributed by atoms with Crippen molar-refractivity contribution in [1.82, 2.24) is 20.2 Å².